The number of carbonyl (C=O) groups is 1. The average molecular weight is 431 g/mol. The van der Waals surface area contributed by atoms with Crippen molar-refractivity contribution < 1.29 is 9.53 Å². The number of ether oxygens (including phenoxy) is 1. The normalized spacial score (nSPS) is 15.1. The number of hydrogen-bond acceptors (Lipinski definition) is 3. The predicted molar refractivity (Wildman–Crippen MR) is 127 cm³/mol. The first-order valence-electron chi connectivity index (χ1n) is 11.2. The molecule has 0 spiro atoms. The van der Waals surface area contributed by atoms with Crippen LogP contribution >= 0.6 is 0 Å². The summed E-state index contributed by atoms with van der Waals surface area (Å²) >= 11 is 0. The molecule has 0 radical (unpaired) electrons. The Labute approximate surface area is 188 Å². The molecule has 2 aromatic carbocycles. The maximum absolute atomic E-state index is 13.1. The summed E-state index contributed by atoms with van der Waals surface area (Å²) < 4.78 is 7.27. The molecule has 0 aliphatic heterocycles. The number of nitrogens with two attached hydrogens (primary N) is 2. The number of para-hydroxylation sites is 1. The van der Waals surface area contributed by atoms with Crippen LogP contribution in [0.4, 0.5) is 10.5 Å². The van der Waals surface area contributed by atoms with E-state index >= 15 is 0 Å². The van der Waals surface area contributed by atoms with Gasteiger partial charge in [-0.1, -0.05) is 67.8 Å². The Hall–Kier alpha value is -3.54. The van der Waals surface area contributed by atoms with Gasteiger partial charge in [-0.15, -0.1) is 0 Å². The summed E-state index contributed by atoms with van der Waals surface area (Å²) in [6, 6.07) is 21.5. The SMILES string of the molecule is NC(N)=Nc1ccccc1C(c1cccn1C(=O)OCc1ccccc1)C1CCCCC1. The van der Waals surface area contributed by atoms with Gasteiger partial charge < -0.3 is 16.2 Å². The second-order valence-corrected chi connectivity index (χ2v) is 8.31. The van der Waals surface area contributed by atoms with Crippen molar-refractivity contribution in [2.45, 2.75) is 44.6 Å². The molecule has 1 aliphatic carbocycles. The smallest absolute Gasteiger partial charge is 0.418 e. The molecule has 4 rings (SSSR count). The topological polar surface area (TPSA) is 95.6 Å². The molecule has 1 fully saturated rings. The highest BCUT2D eigenvalue weighted by atomic mass is 16.5. The van der Waals surface area contributed by atoms with Gasteiger partial charge in [0, 0.05) is 17.8 Å². The predicted octanol–water partition coefficient (Wildman–Crippen LogP) is 5.29. The van der Waals surface area contributed by atoms with Crippen LogP contribution in [0, 0.1) is 5.92 Å². The Kier molecular flexibility index (Phi) is 6.90. The van der Waals surface area contributed by atoms with E-state index in [4.69, 9.17) is 16.2 Å². The second kappa shape index (κ2) is 10.2. The molecule has 6 nitrogen and oxygen atoms in total. The Morgan fingerprint density at radius 3 is 2.44 bits per heavy atom. The maximum Gasteiger partial charge on any atom is 0.418 e. The minimum atomic E-state index is -0.381. The van der Waals surface area contributed by atoms with E-state index in [0.29, 0.717) is 5.92 Å². The number of hydrogen-bond donors (Lipinski definition) is 2. The molecule has 1 unspecified atom stereocenters. The van der Waals surface area contributed by atoms with Gasteiger partial charge in [-0.25, -0.2) is 9.79 Å². The Balaban J connectivity index is 1.69. The molecule has 1 heterocycles. The zero-order valence-electron chi connectivity index (χ0n) is 18.2. The van der Waals surface area contributed by atoms with Crippen LogP contribution in [0.15, 0.2) is 77.9 Å². The van der Waals surface area contributed by atoms with Crippen molar-refractivity contribution in [3.05, 3.63) is 89.7 Å². The van der Waals surface area contributed by atoms with Gasteiger partial charge in [0.1, 0.15) is 6.61 Å². The van der Waals surface area contributed by atoms with Crippen molar-refractivity contribution in [2.75, 3.05) is 0 Å². The van der Waals surface area contributed by atoms with Crippen LogP contribution in [-0.2, 0) is 11.3 Å². The second-order valence-electron chi connectivity index (χ2n) is 8.31. The summed E-state index contributed by atoms with van der Waals surface area (Å²) in [5.74, 6) is 0.418. The molecule has 0 saturated heterocycles. The zero-order chi connectivity index (χ0) is 22.3. The van der Waals surface area contributed by atoms with Crippen molar-refractivity contribution in [1.82, 2.24) is 4.57 Å². The standard InChI is InChI=1S/C26H30N4O2/c27-25(28)29-22-15-8-7-14-21(22)24(20-12-5-2-6-13-20)23-16-9-17-30(23)26(31)32-18-19-10-3-1-4-11-19/h1,3-4,7-11,14-17,20,24H,2,5-6,12-13,18H2,(H4,27,28,29). The molecule has 4 N–H and O–H groups in total. The molecule has 1 aliphatic rings. The average Bonchev–Trinajstić information content (AvgIpc) is 3.29. The number of guanidine groups is 1. The molecule has 0 bridgehead atoms. The number of aromatic nitrogens is 1. The van der Waals surface area contributed by atoms with Crippen LogP contribution < -0.4 is 11.5 Å². The third-order valence-corrected chi connectivity index (χ3v) is 6.14. The van der Waals surface area contributed by atoms with E-state index in [9.17, 15) is 4.79 Å². The summed E-state index contributed by atoms with van der Waals surface area (Å²) in [4.78, 5) is 17.4. The van der Waals surface area contributed by atoms with Crippen LogP contribution in [0.3, 0.4) is 0 Å². The van der Waals surface area contributed by atoms with E-state index in [2.05, 4.69) is 11.1 Å². The molecule has 1 saturated carbocycles. The fourth-order valence-corrected chi connectivity index (χ4v) is 4.72. The first-order chi connectivity index (χ1) is 15.6. The van der Waals surface area contributed by atoms with E-state index in [1.165, 1.54) is 19.3 Å². The Morgan fingerprint density at radius 1 is 0.969 bits per heavy atom. The highest BCUT2D eigenvalue weighted by Gasteiger charge is 2.31. The number of rotatable bonds is 6. The Morgan fingerprint density at radius 2 is 1.69 bits per heavy atom. The first kappa shape index (κ1) is 21.7. The van der Waals surface area contributed by atoms with Gasteiger partial charge >= 0.3 is 6.09 Å². The van der Waals surface area contributed by atoms with E-state index < -0.39 is 0 Å². The number of benzene rings is 2. The lowest BCUT2D eigenvalue weighted by atomic mass is 9.75. The molecule has 1 aromatic heterocycles. The highest BCUT2D eigenvalue weighted by molar-refractivity contribution is 5.80. The fraction of sp³-hybridized carbons (Fsp3) is 0.308. The van der Waals surface area contributed by atoms with Gasteiger partial charge in [-0.3, -0.25) is 4.57 Å². The van der Waals surface area contributed by atoms with Gasteiger partial charge in [0.25, 0.3) is 0 Å². The summed E-state index contributed by atoms with van der Waals surface area (Å²) in [6.07, 6.45) is 7.22. The largest absolute Gasteiger partial charge is 0.444 e. The summed E-state index contributed by atoms with van der Waals surface area (Å²) in [5.41, 5.74) is 15.1. The molecule has 166 valence electrons. The molecule has 32 heavy (non-hydrogen) atoms. The summed E-state index contributed by atoms with van der Waals surface area (Å²) in [6.45, 7) is 0.232. The summed E-state index contributed by atoms with van der Waals surface area (Å²) in [7, 11) is 0. The zero-order valence-corrected chi connectivity index (χ0v) is 18.2. The lowest BCUT2D eigenvalue weighted by Crippen LogP contribution is -2.24. The minimum Gasteiger partial charge on any atom is -0.444 e. The van der Waals surface area contributed by atoms with Crippen LogP contribution in [0.25, 0.3) is 0 Å². The van der Waals surface area contributed by atoms with Gasteiger partial charge in [0.05, 0.1) is 5.69 Å². The van der Waals surface area contributed by atoms with Crippen LogP contribution in [0.5, 0.6) is 0 Å². The number of aliphatic imine (C=N–C) groups is 1. The van der Waals surface area contributed by atoms with Gasteiger partial charge in [0.15, 0.2) is 5.96 Å². The molecule has 6 heteroatoms. The highest BCUT2D eigenvalue weighted by Crippen LogP contribution is 2.43. The van der Waals surface area contributed by atoms with Crippen molar-refractivity contribution >= 4 is 17.7 Å². The molecular weight excluding hydrogens is 400 g/mol. The summed E-state index contributed by atoms with van der Waals surface area (Å²) in [5, 5.41) is 0. The van der Waals surface area contributed by atoms with Crippen molar-refractivity contribution in [2.24, 2.45) is 22.4 Å². The third kappa shape index (κ3) is 5.02. The minimum absolute atomic E-state index is 0.00567. The molecule has 1 atom stereocenters. The van der Waals surface area contributed by atoms with Crippen LogP contribution in [-0.4, -0.2) is 16.6 Å². The quantitative estimate of drug-likeness (QED) is 0.410. The van der Waals surface area contributed by atoms with Crippen LogP contribution in [0.1, 0.15) is 54.8 Å². The lowest BCUT2D eigenvalue weighted by Gasteiger charge is -2.32. The van der Waals surface area contributed by atoms with Gasteiger partial charge in [-0.05, 0) is 48.1 Å². The van der Waals surface area contributed by atoms with E-state index in [1.54, 1.807) is 10.8 Å². The van der Waals surface area contributed by atoms with E-state index in [1.807, 2.05) is 60.7 Å². The van der Waals surface area contributed by atoms with E-state index in [0.717, 1.165) is 35.3 Å². The van der Waals surface area contributed by atoms with E-state index in [-0.39, 0.29) is 24.6 Å². The van der Waals surface area contributed by atoms with Crippen molar-refractivity contribution in [1.29, 1.82) is 0 Å². The van der Waals surface area contributed by atoms with Crippen LogP contribution in [0.2, 0.25) is 0 Å². The van der Waals surface area contributed by atoms with Gasteiger partial charge in [0.2, 0.25) is 0 Å². The maximum atomic E-state index is 13.1. The monoisotopic (exact) mass is 430 g/mol. The first-order valence-corrected chi connectivity index (χ1v) is 11.2. The molecule has 3 aromatic rings. The Bertz CT molecular complexity index is 1060. The molecular formula is C26H30N4O2. The number of nitrogens with zero attached hydrogens (tertiary/aromatic N) is 2. The van der Waals surface area contributed by atoms with Crippen molar-refractivity contribution in [3.8, 4) is 0 Å². The molecule has 0 amide bonds. The third-order valence-electron chi connectivity index (χ3n) is 6.14. The number of carbonyl (C=O) groups excluding carboxylic acids is 1. The van der Waals surface area contributed by atoms with Crippen molar-refractivity contribution in [3.63, 3.8) is 0 Å². The van der Waals surface area contributed by atoms with Gasteiger partial charge in [-0.2, -0.15) is 0 Å². The lowest BCUT2D eigenvalue weighted by molar-refractivity contribution is 0.140. The fourth-order valence-electron chi connectivity index (χ4n) is 4.72.